The number of carbonyl (C=O) groups is 2. The molecule has 2 heterocycles. The van der Waals surface area contributed by atoms with Gasteiger partial charge in [0.1, 0.15) is 5.82 Å². The largest absolute Gasteiger partial charge is 0.343 e. The van der Waals surface area contributed by atoms with E-state index >= 15 is 0 Å². The lowest BCUT2D eigenvalue weighted by molar-refractivity contribution is -0.133. The van der Waals surface area contributed by atoms with Gasteiger partial charge in [-0.05, 0) is 48.1 Å². The predicted molar refractivity (Wildman–Crippen MR) is 105 cm³/mol. The maximum absolute atomic E-state index is 13.5. The van der Waals surface area contributed by atoms with E-state index in [-0.39, 0.29) is 24.1 Å². The average Bonchev–Trinajstić information content (AvgIpc) is 3.04. The van der Waals surface area contributed by atoms with Crippen molar-refractivity contribution in [1.29, 1.82) is 0 Å². The molecule has 0 aliphatic carbocycles. The van der Waals surface area contributed by atoms with Gasteiger partial charge >= 0.3 is 0 Å². The van der Waals surface area contributed by atoms with Crippen molar-refractivity contribution >= 4 is 11.8 Å². The van der Waals surface area contributed by atoms with Gasteiger partial charge in [0, 0.05) is 25.2 Å². The first kappa shape index (κ1) is 18.7. The normalized spacial score (nSPS) is 18.3. The van der Waals surface area contributed by atoms with Crippen LogP contribution in [0, 0.1) is 11.7 Å². The summed E-state index contributed by atoms with van der Waals surface area (Å²) in [5.41, 5.74) is 2.45. The quantitative estimate of drug-likeness (QED) is 0.799. The highest BCUT2D eigenvalue weighted by molar-refractivity contribution is 5.98. The lowest BCUT2D eigenvalue weighted by Crippen LogP contribution is -2.40. The zero-order chi connectivity index (χ0) is 19.7. The minimum Gasteiger partial charge on any atom is -0.343 e. The van der Waals surface area contributed by atoms with Crippen LogP contribution in [0.2, 0.25) is 0 Å². The highest BCUT2D eigenvalue weighted by Crippen LogP contribution is 2.34. The Bertz CT molecular complexity index is 872. The molecule has 0 saturated carbocycles. The molecule has 5 heteroatoms. The molecule has 2 aliphatic heterocycles. The Labute approximate surface area is 164 Å². The lowest BCUT2D eigenvalue weighted by Gasteiger charge is -2.34. The Hall–Kier alpha value is -2.69. The van der Waals surface area contributed by atoms with Gasteiger partial charge in [-0.2, -0.15) is 0 Å². The number of hydrogen-bond acceptors (Lipinski definition) is 2. The van der Waals surface area contributed by atoms with Crippen molar-refractivity contribution in [2.45, 2.75) is 38.8 Å². The first-order valence-electron chi connectivity index (χ1n) is 9.95. The number of fused-ring (bicyclic) bond motifs is 1. The van der Waals surface area contributed by atoms with Crippen LogP contribution in [-0.4, -0.2) is 34.7 Å². The number of amides is 2. The van der Waals surface area contributed by atoms with E-state index < -0.39 is 6.04 Å². The minimum atomic E-state index is -0.396. The van der Waals surface area contributed by atoms with Gasteiger partial charge in [0.2, 0.25) is 5.91 Å². The molecule has 4 rings (SSSR count). The van der Waals surface area contributed by atoms with E-state index in [4.69, 9.17) is 0 Å². The van der Waals surface area contributed by atoms with Crippen molar-refractivity contribution in [2.75, 3.05) is 13.1 Å². The molecule has 2 amide bonds. The summed E-state index contributed by atoms with van der Waals surface area (Å²) in [7, 11) is 0. The maximum Gasteiger partial charge on any atom is 0.255 e. The van der Waals surface area contributed by atoms with E-state index in [9.17, 15) is 14.0 Å². The molecule has 146 valence electrons. The first-order chi connectivity index (χ1) is 13.5. The van der Waals surface area contributed by atoms with Crippen molar-refractivity contribution in [2.24, 2.45) is 5.92 Å². The van der Waals surface area contributed by atoms with Crippen molar-refractivity contribution in [3.8, 4) is 0 Å². The summed E-state index contributed by atoms with van der Waals surface area (Å²) in [6.45, 7) is 4.22. The highest BCUT2D eigenvalue weighted by Gasteiger charge is 2.35. The van der Waals surface area contributed by atoms with E-state index in [2.05, 4.69) is 6.92 Å². The molecule has 0 spiro atoms. The van der Waals surface area contributed by atoms with Crippen LogP contribution in [-0.2, 0) is 11.3 Å². The topological polar surface area (TPSA) is 40.6 Å². The van der Waals surface area contributed by atoms with E-state index in [1.807, 2.05) is 29.2 Å². The van der Waals surface area contributed by atoms with E-state index in [1.54, 1.807) is 17.0 Å². The number of halogens is 1. The van der Waals surface area contributed by atoms with Crippen LogP contribution in [0.4, 0.5) is 4.39 Å². The third kappa shape index (κ3) is 3.66. The fourth-order valence-corrected chi connectivity index (χ4v) is 4.17. The number of hydrogen-bond donors (Lipinski definition) is 0. The molecular weight excluding hydrogens is 355 g/mol. The zero-order valence-corrected chi connectivity index (χ0v) is 16.1. The average molecular weight is 380 g/mol. The van der Waals surface area contributed by atoms with Gasteiger partial charge in [-0.1, -0.05) is 37.3 Å². The zero-order valence-electron chi connectivity index (χ0n) is 16.1. The Morgan fingerprint density at radius 3 is 2.46 bits per heavy atom. The minimum absolute atomic E-state index is 0.0602. The van der Waals surface area contributed by atoms with Crippen molar-refractivity contribution in [1.82, 2.24) is 9.80 Å². The summed E-state index contributed by atoms with van der Waals surface area (Å²) in [6, 6.07) is 13.3. The lowest BCUT2D eigenvalue weighted by atomic mass is 9.97. The second-order valence-electron chi connectivity index (χ2n) is 7.92. The van der Waals surface area contributed by atoms with Crippen LogP contribution in [0.15, 0.2) is 48.5 Å². The van der Waals surface area contributed by atoms with Crippen molar-refractivity contribution < 1.29 is 14.0 Å². The highest BCUT2D eigenvalue weighted by atomic mass is 19.1. The van der Waals surface area contributed by atoms with Gasteiger partial charge < -0.3 is 9.80 Å². The third-order valence-corrected chi connectivity index (χ3v) is 5.98. The van der Waals surface area contributed by atoms with E-state index in [0.29, 0.717) is 18.0 Å². The standard InChI is InChI=1S/C23H25FN2O2/c1-16-10-12-25(13-11-16)22(27)14-21(17-6-8-19(24)9-7-17)26-15-18-4-2-3-5-20(18)23(26)28/h2-9,16,21H,10-15H2,1H3/t21-/m0/s1. The fraction of sp³-hybridized carbons (Fsp3) is 0.391. The van der Waals surface area contributed by atoms with Crippen LogP contribution < -0.4 is 0 Å². The number of benzene rings is 2. The molecule has 2 aliphatic rings. The molecule has 2 aromatic carbocycles. The van der Waals surface area contributed by atoms with E-state index in [1.165, 1.54) is 12.1 Å². The van der Waals surface area contributed by atoms with Crippen LogP contribution in [0.1, 0.15) is 53.7 Å². The summed E-state index contributed by atoms with van der Waals surface area (Å²) < 4.78 is 13.5. The Kier molecular flexibility index (Phi) is 5.16. The SMILES string of the molecule is CC1CCN(C(=O)C[C@@H](c2ccc(F)cc2)N2Cc3ccccc3C2=O)CC1. The summed E-state index contributed by atoms with van der Waals surface area (Å²) in [4.78, 5) is 29.7. The van der Waals surface area contributed by atoms with Crippen molar-refractivity contribution in [3.05, 3.63) is 71.0 Å². The Morgan fingerprint density at radius 2 is 1.79 bits per heavy atom. The van der Waals surface area contributed by atoms with Gasteiger partial charge in [-0.25, -0.2) is 4.39 Å². The smallest absolute Gasteiger partial charge is 0.255 e. The predicted octanol–water partition coefficient (Wildman–Crippen LogP) is 4.17. The number of rotatable bonds is 4. The summed E-state index contributed by atoms with van der Waals surface area (Å²) in [5.74, 6) is 0.316. The van der Waals surface area contributed by atoms with Crippen molar-refractivity contribution in [3.63, 3.8) is 0 Å². The van der Waals surface area contributed by atoms with Crippen LogP contribution in [0.3, 0.4) is 0 Å². The molecule has 0 N–H and O–H groups in total. The maximum atomic E-state index is 13.5. The molecular formula is C23H25FN2O2. The Morgan fingerprint density at radius 1 is 1.11 bits per heavy atom. The van der Waals surface area contributed by atoms with Gasteiger partial charge in [0.15, 0.2) is 0 Å². The van der Waals surface area contributed by atoms with E-state index in [0.717, 1.165) is 37.1 Å². The summed E-state index contributed by atoms with van der Waals surface area (Å²) >= 11 is 0. The van der Waals surface area contributed by atoms with Crippen LogP contribution in [0.5, 0.6) is 0 Å². The monoisotopic (exact) mass is 380 g/mol. The van der Waals surface area contributed by atoms with Gasteiger partial charge in [-0.15, -0.1) is 0 Å². The Balaban J connectivity index is 1.59. The molecule has 1 atom stereocenters. The second-order valence-corrected chi connectivity index (χ2v) is 7.92. The molecule has 0 radical (unpaired) electrons. The van der Waals surface area contributed by atoms with Gasteiger partial charge in [0.25, 0.3) is 5.91 Å². The number of likely N-dealkylation sites (tertiary alicyclic amines) is 1. The molecule has 1 fully saturated rings. The number of nitrogens with zero attached hydrogens (tertiary/aromatic N) is 2. The molecule has 0 aromatic heterocycles. The van der Waals surface area contributed by atoms with Gasteiger partial charge in [-0.3, -0.25) is 9.59 Å². The molecule has 0 bridgehead atoms. The second kappa shape index (κ2) is 7.74. The van der Waals surface area contributed by atoms with Crippen LogP contribution >= 0.6 is 0 Å². The summed E-state index contributed by atoms with van der Waals surface area (Å²) in [6.07, 6.45) is 2.25. The van der Waals surface area contributed by atoms with Crippen LogP contribution in [0.25, 0.3) is 0 Å². The number of piperidine rings is 1. The first-order valence-corrected chi connectivity index (χ1v) is 9.95. The molecule has 4 nitrogen and oxygen atoms in total. The molecule has 28 heavy (non-hydrogen) atoms. The third-order valence-electron chi connectivity index (χ3n) is 5.98. The fourth-order valence-electron chi connectivity index (χ4n) is 4.17. The number of carbonyl (C=O) groups excluding carboxylic acids is 2. The summed E-state index contributed by atoms with van der Waals surface area (Å²) in [5, 5.41) is 0. The molecule has 1 saturated heterocycles. The molecule has 2 aromatic rings. The van der Waals surface area contributed by atoms with Gasteiger partial charge in [0.05, 0.1) is 12.5 Å². The molecule has 0 unspecified atom stereocenters.